The number of hydrogen-bond acceptors (Lipinski definition) is 0. The fourth-order valence-corrected chi connectivity index (χ4v) is 1.35. The Kier molecular flexibility index (Phi) is 2.81. The van der Waals surface area contributed by atoms with E-state index in [1.165, 1.54) is 6.55 Å². The summed E-state index contributed by atoms with van der Waals surface area (Å²) in [6.07, 6.45) is 0. The average Bonchev–Trinajstić information content (AvgIpc) is 2.42. The van der Waals surface area contributed by atoms with Crippen LogP contribution >= 0.6 is 0 Å². The van der Waals surface area contributed by atoms with Crippen molar-refractivity contribution in [3.05, 3.63) is 78.3 Å². The third-order valence-corrected chi connectivity index (χ3v) is 2.20. The lowest BCUT2D eigenvalue weighted by Crippen LogP contribution is -1.78. The molecular weight excluding hydrogens is 192 g/mol. The molecule has 76 valence electrons. The highest BCUT2D eigenvalue weighted by molar-refractivity contribution is 5.77. The van der Waals surface area contributed by atoms with Gasteiger partial charge in [0, 0.05) is 11.1 Å². The zero-order chi connectivity index (χ0) is 11.9. The van der Waals surface area contributed by atoms with E-state index in [0.717, 1.165) is 16.7 Å². The zero-order valence-corrected chi connectivity index (χ0v) is 8.85. The maximum Gasteiger partial charge on any atom is 0.0551 e. The van der Waals surface area contributed by atoms with Gasteiger partial charge in [0.2, 0.25) is 0 Å². The summed E-state index contributed by atoms with van der Waals surface area (Å²) < 4.78 is 7.40. The molecule has 16 heavy (non-hydrogen) atoms. The largest absolute Gasteiger partial charge is 0.0827 e. The Balaban J connectivity index is 2.27. The van der Waals surface area contributed by atoms with Crippen molar-refractivity contribution in [1.29, 1.82) is 0 Å². The second kappa shape index (κ2) is 5.00. The van der Waals surface area contributed by atoms with Gasteiger partial charge in [-0.1, -0.05) is 66.9 Å². The van der Waals surface area contributed by atoms with Gasteiger partial charge in [0.25, 0.3) is 0 Å². The fourth-order valence-electron chi connectivity index (χ4n) is 1.35. The van der Waals surface area contributed by atoms with Crippen LogP contribution in [0, 0.1) is 11.8 Å². The van der Waals surface area contributed by atoms with Crippen LogP contribution in [0.3, 0.4) is 0 Å². The van der Waals surface area contributed by atoms with E-state index in [-0.39, 0.29) is 0 Å². The van der Waals surface area contributed by atoms with Crippen molar-refractivity contribution in [2.75, 3.05) is 0 Å². The molecule has 0 aliphatic heterocycles. The minimum absolute atomic E-state index is 0.731. The van der Waals surface area contributed by atoms with Crippen LogP contribution in [0.15, 0.2) is 67.2 Å². The molecule has 0 fully saturated rings. The lowest BCUT2D eigenvalue weighted by molar-refractivity contribution is 1.63. The molecule has 0 spiro atoms. The van der Waals surface area contributed by atoms with Crippen molar-refractivity contribution in [3.63, 3.8) is 0 Å². The van der Waals surface area contributed by atoms with E-state index in [4.69, 9.17) is 1.37 Å². The first-order valence-electron chi connectivity index (χ1n) is 5.69. The molecule has 0 bridgehead atoms. The summed E-state index contributed by atoms with van der Waals surface area (Å²) in [5.41, 5.74) is 2.67. The summed E-state index contributed by atoms with van der Waals surface area (Å²) in [6, 6.07) is 19.6. The summed E-state index contributed by atoms with van der Waals surface area (Å²) in [6.45, 7) is 1.30. The second-order valence-electron chi connectivity index (χ2n) is 3.40. The van der Waals surface area contributed by atoms with Crippen molar-refractivity contribution < 1.29 is 1.37 Å². The van der Waals surface area contributed by atoms with Crippen LogP contribution in [0.1, 0.15) is 12.5 Å². The Labute approximate surface area is 97.7 Å². The van der Waals surface area contributed by atoms with Gasteiger partial charge in [0.1, 0.15) is 0 Å². The molecule has 0 unspecified atom stereocenters. The number of hydrogen-bond donors (Lipinski definition) is 0. The fraction of sp³-hybridized carbons (Fsp3) is 0. The van der Waals surface area contributed by atoms with Gasteiger partial charge in [0.15, 0.2) is 0 Å². The lowest BCUT2D eigenvalue weighted by Gasteiger charge is -1.95. The molecule has 0 aliphatic rings. The first kappa shape index (κ1) is 9.00. The van der Waals surface area contributed by atoms with E-state index in [1.807, 2.05) is 60.7 Å². The smallest absolute Gasteiger partial charge is 0.0551 e. The minimum atomic E-state index is 0.731. The second-order valence-corrected chi connectivity index (χ2v) is 3.40. The molecule has 0 N–H and O–H groups in total. The van der Waals surface area contributed by atoms with Crippen LogP contribution in [0.5, 0.6) is 0 Å². The highest BCUT2D eigenvalue weighted by Crippen LogP contribution is 2.10. The summed E-state index contributed by atoms with van der Waals surface area (Å²) in [5.74, 6) is 6.08. The number of rotatable bonds is 1. The maximum absolute atomic E-state index is 7.40. The Hall–Kier alpha value is -2.26. The minimum Gasteiger partial charge on any atom is -0.0827 e. The molecule has 2 aromatic rings. The molecule has 0 nitrogen and oxygen atoms in total. The lowest BCUT2D eigenvalue weighted by atomic mass is 10.1. The van der Waals surface area contributed by atoms with Crippen molar-refractivity contribution in [1.82, 2.24) is 0 Å². The van der Waals surface area contributed by atoms with Crippen LogP contribution in [-0.2, 0) is 0 Å². The Bertz CT molecular complexity index is 557. The van der Waals surface area contributed by atoms with Gasteiger partial charge in [-0.2, -0.15) is 0 Å². The molecule has 0 aromatic heterocycles. The van der Waals surface area contributed by atoms with E-state index in [0.29, 0.717) is 0 Å². The van der Waals surface area contributed by atoms with Crippen molar-refractivity contribution >= 4 is 5.57 Å². The Morgan fingerprint density at radius 1 is 0.938 bits per heavy atom. The van der Waals surface area contributed by atoms with Gasteiger partial charge in [-0.3, -0.25) is 0 Å². The Morgan fingerprint density at radius 3 is 2.19 bits per heavy atom. The van der Waals surface area contributed by atoms with E-state index in [1.54, 1.807) is 0 Å². The van der Waals surface area contributed by atoms with Crippen LogP contribution in [-0.4, -0.2) is 0 Å². The molecular formula is C16H12. The first-order chi connectivity index (χ1) is 8.40. The molecule has 0 atom stereocenters. The highest BCUT2D eigenvalue weighted by atomic mass is 13.9. The molecule has 0 aliphatic carbocycles. The van der Waals surface area contributed by atoms with Gasteiger partial charge in [-0.05, 0) is 17.7 Å². The normalized spacial score (nSPS) is 11.2. The van der Waals surface area contributed by atoms with E-state index in [2.05, 4.69) is 11.8 Å². The predicted molar refractivity (Wildman–Crippen MR) is 68.8 cm³/mol. The molecule has 0 amide bonds. The van der Waals surface area contributed by atoms with Crippen molar-refractivity contribution in [2.24, 2.45) is 0 Å². The number of allylic oxidation sites excluding steroid dienone is 1. The van der Waals surface area contributed by atoms with Crippen molar-refractivity contribution in [3.8, 4) is 11.8 Å². The number of benzene rings is 2. The van der Waals surface area contributed by atoms with Crippen LogP contribution in [0.2, 0.25) is 0 Å². The highest BCUT2D eigenvalue weighted by Gasteiger charge is 1.91. The van der Waals surface area contributed by atoms with Crippen LogP contribution in [0.4, 0.5) is 0 Å². The SMILES string of the molecule is [2H]C=C(C#Cc1ccccc1)c1ccccc1. The first-order valence-corrected chi connectivity index (χ1v) is 5.11. The molecule has 0 heteroatoms. The molecule has 0 heterocycles. The van der Waals surface area contributed by atoms with Gasteiger partial charge >= 0.3 is 0 Å². The standard InChI is InChI=1S/C16H12/c1-14(16-10-6-3-7-11-16)12-13-15-8-4-2-5-9-15/h2-11H,1H2/i1D. The Morgan fingerprint density at radius 2 is 1.56 bits per heavy atom. The van der Waals surface area contributed by atoms with E-state index < -0.39 is 0 Å². The van der Waals surface area contributed by atoms with E-state index in [9.17, 15) is 0 Å². The van der Waals surface area contributed by atoms with Crippen LogP contribution in [0.25, 0.3) is 5.57 Å². The van der Waals surface area contributed by atoms with Gasteiger partial charge in [-0.25, -0.2) is 0 Å². The van der Waals surface area contributed by atoms with Gasteiger partial charge in [-0.15, -0.1) is 0 Å². The van der Waals surface area contributed by atoms with Crippen molar-refractivity contribution in [2.45, 2.75) is 0 Å². The maximum atomic E-state index is 7.40. The summed E-state index contributed by atoms with van der Waals surface area (Å²) in [7, 11) is 0. The topological polar surface area (TPSA) is 0 Å². The molecule has 0 saturated heterocycles. The van der Waals surface area contributed by atoms with Gasteiger partial charge in [0.05, 0.1) is 1.37 Å². The zero-order valence-electron chi connectivity index (χ0n) is 9.85. The third-order valence-electron chi connectivity index (χ3n) is 2.20. The summed E-state index contributed by atoms with van der Waals surface area (Å²) >= 11 is 0. The average molecular weight is 205 g/mol. The van der Waals surface area contributed by atoms with E-state index >= 15 is 0 Å². The molecule has 0 radical (unpaired) electrons. The quantitative estimate of drug-likeness (QED) is 0.622. The van der Waals surface area contributed by atoms with Crippen LogP contribution < -0.4 is 0 Å². The summed E-state index contributed by atoms with van der Waals surface area (Å²) in [5, 5.41) is 0. The monoisotopic (exact) mass is 205 g/mol. The van der Waals surface area contributed by atoms with Gasteiger partial charge < -0.3 is 0 Å². The predicted octanol–water partition coefficient (Wildman–Crippen LogP) is 3.75. The summed E-state index contributed by atoms with van der Waals surface area (Å²) in [4.78, 5) is 0. The molecule has 0 saturated carbocycles. The third kappa shape index (κ3) is 2.62. The molecule has 2 aromatic carbocycles. The molecule has 2 rings (SSSR count).